The van der Waals surface area contributed by atoms with E-state index < -0.39 is 94.2 Å². The Morgan fingerprint density at radius 1 is 1.67 bits per heavy atom. The molecular formula is C19H26ClN3O3S. The Morgan fingerprint density at radius 3 is 3.15 bits per heavy atom. The van der Waals surface area contributed by atoms with Gasteiger partial charge in [0.2, 0.25) is 0 Å². The molecule has 2 aromatic heterocycles. The summed E-state index contributed by atoms with van der Waals surface area (Å²) in [6, 6.07) is -4.56. The number of likely N-dealkylation sites (tertiary alicyclic amines) is 1. The third kappa shape index (κ3) is 4.31. The Bertz CT molecular complexity index is 1450. The standard InChI is InChI=1S/C19H26ClN3O3S/c1-12(2)23-18(26)15(16(24)13-11-14(20)27-19(13)23)17(25)21-7-6-10-22-8-4-3-5-9-22/h11-12,24H,3-10H2,1-2H3,(H,21,25)/i1D3,2D3,3D2,7D2,10D2,11D,12D/hD2. The molecule has 1 amide bonds. The molecule has 0 aliphatic carbocycles. The fourth-order valence-electron chi connectivity index (χ4n) is 2.58. The number of thiophene rings is 1. The lowest BCUT2D eigenvalue weighted by Crippen LogP contribution is -2.36. The highest BCUT2D eigenvalue weighted by molar-refractivity contribution is 7.22. The Balaban J connectivity index is 2.24. The minimum atomic E-state index is -3.81. The van der Waals surface area contributed by atoms with Crippen molar-refractivity contribution in [2.75, 3.05) is 26.1 Å². The molecule has 2 aromatic rings. The molecule has 0 aromatic carbocycles. The second kappa shape index (κ2) is 8.63. The number of fused-ring (bicyclic) bond motifs is 1. The predicted molar refractivity (Wildman–Crippen MR) is 110 cm³/mol. The zero-order chi connectivity index (χ0) is 33.3. The molecule has 0 saturated carbocycles. The summed E-state index contributed by atoms with van der Waals surface area (Å²) >= 11 is 6.31. The van der Waals surface area contributed by atoms with Gasteiger partial charge in [0.1, 0.15) is 16.1 Å². The number of aromatic nitrogens is 1. The minimum absolute atomic E-state index is 0.0662. The summed E-state index contributed by atoms with van der Waals surface area (Å²) in [6.07, 6.45) is -2.88. The summed E-state index contributed by atoms with van der Waals surface area (Å²) in [5, 5.41) is 3.24. The Labute approximate surface area is 190 Å². The molecule has 0 atom stereocenters. The largest absolute Gasteiger partial charge is 0.506 e. The van der Waals surface area contributed by atoms with Gasteiger partial charge in [0.25, 0.3) is 12.9 Å². The van der Waals surface area contributed by atoms with Crippen molar-refractivity contribution in [1.82, 2.24) is 14.8 Å². The van der Waals surface area contributed by atoms with E-state index in [1.54, 1.807) is 0 Å². The van der Waals surface area contributed by atoms with E-state index in [9.17, 15) is 9.59 Å². The highest BCUT2D eigenvalue weighted by Crippen LogP contribution is 2.36. The van der Waals surface area contributed by atoms with Crippen LogP contribution in [0.2, 0.25) is 5.75 Å². The maximum atomic E-state index is 13.8. The molecule has 8 heteroatoms. The highest BCUT2D eigenvalue weighted by atomic mass is 35.5. The average molecular weight is 428 g/mol. The third-order valence-electron chi connectivity index (χ3n) is 3.81. The zero-order valence-corrected chi connectivity index (χ0v) is 15.5. The Hall–Kier alpha value is -1.57. The van der Waals surface area contributed by atoms with Gasteiger partial charge in [-0.1, -0.05) is 18.0 Å². The molecule has 2 N–H and O–H groups in total. The maximum Gasteiger partial charge on any atom is 0.293 e. The molecule has 6 nitrogen and oxygen atoms in total. The van der Waals surface area contributed by atoms with Gasteiger partial charge in [-0.25, -0.2) is 0 Å². The Kier molecular flexibility index (Phi) is 2.57. The van der Waals surface area contributed by atoms with E-state index in [4.69, 9.17) is 33.6 Å². The fourth-order valence-corrected chi connectivity index (χ4v) is 3.73. The molecule has 148 valence electrons. The quantitative estimate of drug-likeness (QED) is 0.707. The van der Waals surface area contributed by atoms with Crippen molar-refractivity contribution in [2.45, 2.75) is 45.4 Å². The number of nitrogens with zero attached hydrogens (tertiary/aromatic N) is 2. The number of rotatable bonds is 7. The number of pyridine rings is 1. The normalized spacial score (nSPS) is 28.3. The zero-order valence-electron chi connectivity index (χ0n) is 29.9. The molecule has 27 heavy (non-hydrogen) atoms. The number of amides is 1. The topological polar surface area (TPSA) is 74.6 Å². The first-order chi connectivity index (χ1) is 19.2. The molecule has 1 fully saturated rings. The third-order valence-corrected chi connectivity index (χ3v) is 5.00. The van der Waals surface area contributed by atoms with E-state index in [1.807, 2.05) is 0 Å². The van der Waals surface area contributed by atoms with Crippen LogP contribution in [0.5, 0.6) is 5.75 Å². The van der Waals surface area contributed by atoms with Gasteiger partial charge in [-0.05, 0) is 58.6 Å². The average Bonchev–Trinajstić information content (AvgIpc) is 3.13. The van der Waals surface area contributed by atoms with Crippen LogP contribution >= 0.6 is 22.9 Å². The molecule has 0 bridgehead atoms. The molecule has 3 rings (SSSR count). The van der Waals surface area contributed by atoms with E-state index in [1.165, 1.54) is 0 Å². The van der Waals surface area contributed by atoms with Crippen LogP contribution < -0.4 is 10.9 Å². The number of piperidine rings is 1. The van der Waals surface area contributed by atoms with E-state index in [0.29, 0.717) is 11.3 Å². The number of carbonyl (C=O) groups excluding carboxylic acids is 1. The van der Waals surface area contributed by atoms with Gasteiger partial charge >= 0.3 is 0 Å². The fraction of sp³-hybridized carbons (Fsp3) is 0.579. The molecular weight excluding hydrogens is 386 g/mol. The first-order valence-electron chi connectivity index (χ1n) is 15.7. The highest BCUT2D eigenvalue weighted by Gasteiger charge is 2.24. The monoisotopic (exact) mass is 427 g/mol. The number of carbonyl (C=O) groups is 1. The van der Waals surface area contributed by atoms with Gasteiger partial charge in [0, 0.05) is 29.0 Å². The van der Waals surface area contributed by atoms with Crippen molar-refractivity contribution in [3.8, 4) is 5.75 Å². The van der Waals surface area contributed by atoms with E-state index >= 15 is 0 Å². The van der Waals surface area contributed by atoms with Gasteiger partial charge in [-0.15, -0.1) is 11.3 Å². The van der Waals surface area contributed by atoms with Crippen LogP contribution in [0.3, 0.4) is 0 Å². The van der Waals surface area contributed by atoms with Crippen molar-refractivity contribution >= 4 is 39.1 Å². The lowest BCUT2D eigenvalue weighted by atomic mass is 10.1. The van der Waals surface area contributed by atoms with Gasteiger partial charge in [0.15, 0.2) is 1.41 Å². The maximum absolute atomic E-state index is 13.8. The smallest absolute Gasteiger partial charge is 0.293 e. The first kappa shape index (κ1) is 8.05. The number of halogens is 1. The summed E-state index contributed by atoms with van der Waals surface area (Å²) in [5.74, 6) is -3.00. The van der Waals surface area contributed by atoms with Crippen molar-refractivity contribution in [1.29, 1.82) is 1.43 Å². The van der Waals surface area contributed by atoms with Crippen LogP contribution in [-0.2, 0) is 0 Å². The lowest BCUT2D eigenvalue weighted by Gasteiger charge is -2.26. The van der Waals surface area contributed by atoms with Crippen molar-refractivity contribution < 1.29 is 30.5 Å². The summed E-state index contributed by atoms with van der Waals surface area (Å²) < 4.78 is 128. The van der Waals surface area contributed by atoms with Gasteiger partial charge in [0.05, 0.1) is 12.5 Å². The van der Waals surface area contributed by atoms with Crippen LogP contribution in [0.15, 0.2) is 10.8 Å². The number of aromatic hydroxyl groups is 1. The predicted octanol–water partition coefficient (Wildman–Crippen LogP) is 3.61. The van der Waals surface area contributed by atoms with Crippen LogP contribution in [0.1, 0.15) is 74.9 Å². The first-order valence-corrected chi connectivity index (χ1v) is 9.04. The molecule has 1 saturated heterocycles. The second-order valence-corrected chi connectivity index (χ2v) is 7.12. The van der Waals surface area contributed by atoms with Crippen molar-refractivity contribution in [3.63, 3.8) is 0 Å². The van der Waals surface area contributed by atoms with Crippen LogP contribution in [0.25, 0.3) is 10.2 Å². The molecule has 0 radical (unpaired) electrons. The molecule has 0 unspecified atom stereocenters. The lowest BCUT2D eigenvalue weighted by molar-refractivity contribution is 0.0946. The Morgan fingerprint density at radius 2 is 2.44 bits per heavy atom. The van der Waals surface area contributed by atoms with E-state index in [0.717, 1.165) is 4.90 Å². The second-order valence-electron chi connectivity index (χ2n) is 5.52. The minimum Gasteiger partial charge on any atom is -0.506 e. The van der Waals surface area contributed by atoms with Crippen LogP contribution in [0.4, 0.5) is 0 Å². The molecule has 0 spiro atoms. The van der Waals surface area contributed by atoms with E-state index in [-0.39, 0.29) is 30.5 Å². The molecule has 1 aliphatic rings. The van der Waals surface area contributed by atoms with E-state index in [2.05, 4.69) is 5.11 Å². The number of hydrogen-bond donors (Lipinski definition) is 2. The SMILES string of the molecule is [2H]Oc1c(C(=O)N([2H])C([2H])([2H])CC([2H])([2H])N2CCC([2H])([2H])CC2)c(=O)n(C([2H])(C([2H])([2H])[2H])C([2H])([2H])[2H])c2sc(Cl)c([2H])c12. The summed E-state index contributed by atoms with van der Waals surface area (Å²) in [4.78, 5) is 27.8. The van der Waals surface area contributed by atoms with Gasteiger partial charge in [-0.2, -0.15) is 0 Å². The molecule has 3 heterocycles. The molecule has 1 aliphatic heterocycles. The summed E-state index contributed by atoms with van der Waals surface area (Å²) in [5.41, 5.74) is -3.32. The summed E-state index contributed by atoms with van der Waals surface area (Å²) in [6.45, 7) is -13.5. The van der Waals surface area contributed by atoms with Gasteiger partial charge < -0.3 is 15.3 Å². The summed E-state index contributed by atoms with van der Waals surface area (Å²) in [7, 11) is 0. The van der Waals surface area contributed by atoms with Crippen molar-refractivity contribution in [3.05, 3.63) is 26.3 Å². The van der Waals surface area contributed by atoms with Crippen molar-refractivity contribution in [2.24, 2.45) is 0 Å². The number of hydrogen-bond acceptors (Lipinski definition) is 5. The number of nitrogens with one attached hydrogen (secondary N) is 1. The van der Waals surface area contributed by atoms with Crippen LogP contribution in [-0.4, -0.2) is 48.0 Å². The van der Waals surface area contributed by atoms with Crippen LogP contribution in [0, 0.1) is 0 Å². The van der Waals surface area contributed by atoms with Gasteiger partial charge in [-0.3, -0.25) is 14.2 Å².